The molecule has 1 saturated carbocycles. The number of nitrogens with one attached hydrogen (secondary N) is 1. The lowest BCUT2D eigenvalue weighted by Crippen LogP contribution is -2.31. The van der Waals surface area contributed by atoms with Crippen molar-refractivity contribution in [1.82, 2.24) is 0 Å². The molecule has 0 bridgehead atoms. The van der Waals surface area contributed by atoms with E-state index in [2.05, 4.69) is 37.2 Å². The molecular formula is C13H15Br2NO2. The Balaban J connectivity index is 2.02. The maximum absolute atomic E-state index is 11.0. The molecule has 3 nitrogen and oxygen atoms in total. The van der Waals surface area contributed by atoms with E-state index in [1.807, 2.05) is 18.2 Å². The van der Waals surface area contributed by atoms with Gasteiger partial charge in [0.15, 0.2) is 0 Å². The molecule has 0 radical (unpaired) electrons. The van der Waals surface area contributed by atoms with Gasteiger partial charge in [-0.05, 0) is 53.4 Å². The largest absolute Gasteiger partial charge is 0.481 e. The van der Waals surface area contributed by atoms with Gasteiger partial charge in [-0.2, -0.15) is 0 Å². The first-order valence-electron chi connectivity index (χ1n) is 6.00. The van der Waals surface area contributed by atoms with E-state index in [1.54, 1.807) is 0 Å². The molecule has 1 aromatic rings. The Bertz CT molecular complexity index is 451. The number of hydrogen-bond acceptors (Lipinski definition) is 2. The van der Waals surface area contributed by atoms with Crippen LogP contribution in [0.3, 0.4) is 0 Å². The fourth-order valence-corrected chi connectivity index (χ4v) is 3.53. The van der Waals surface area contributed by atoms with Crippen LogP contribution >= 0.6 is 31.9 Å². The molecule has 2 atom stereocenters. The third-order valence-corrected chi connectivity index (χ3v) is 4.46. The van der Waals surface area contributed by atoms with Crippen molar-refractivity contribution >= 4 is 43.5 Å². The van der Waals surface area contributed by atoms with Gasteiger partial charge in [-0.3, -0.25) is 4.79 Å². The highest BCUT2D eigenvalue weighted by Gasteiger charge is 2.27. The highest BCUT2D eigenvalue weighted by atomic mass is 79.9. The number of carboxylic acids is 1. The molecule has 1 fully saturated rings. The van der Waals surface area contributed by atoms with Gasteiger partial charge >= 0.3 is 5.97 Å². The number of hydrogen-bond donors (Lipinski definition) is 2. The fraction of sp³-hybridized carbons (Fsp3) is 0.462. The molecule has 0 saturated heterocycles. The van der Waals surface area contributed by atoms with Crippen molar-refractivity contribution in [3.05, 3.63) is 27.1 Å². The quantitative estimate of drug-likeness (QED) is 0.828. The zero-order valence-corrected chi connectivity index (χ0v) is 13.0. The van der Waals surface area contributed by atoms with Gasteiger partial charge in [0.25, 0.3) is 0 Å². The van der Waals surface area contributed by atoms with Crippen LogP contribution in [0.1, 0.15) is 25.7 Å². The van der Waals surface area contributed by atoms with E-state index in [4.69, 9.17) is 5.11 Å². The molecule has 0 heterocycles. The topological polar surface area (TPSA) is 49.3 Å². The molecule has 0 amide bonds. The second kappa shape index (κ2) is 6.06. The summed E-state index contributed by atoms with van der Waals surface area (Å²) in [6.07, 6.45) is 3.52. The molecule has 0 aliphatic heterocycles. The first-order valence-corrected chi connectivity index (χ1v) is 7.59. The number of benzene rings is 1. The third-order valence-electron chi connectivity index (χ3n) is 3.31. The number of carboxylic acid groups (broad SMARTS) is 1. The second-order valence-electron chi connectivity index (χ2n) is 4.67. The summed E-state index contributed by atoms with van der Waals surface area (Å²) in [6, 6.07) is 6.21. The summed E-state index contributed by atoms with van der Waals surface area (Å²) in [5.74, 6) is -0.873. The maximum Gasteiger partial charge on any atom is 0.306 e. The summed E-state index contributed by atoms with van der Waals surface area (Å²) in [5.41, 5.74) is 1.02. The van der Waals surface area contributed by atoms with Gasteiger partial charge in [0, 0.05) is 20.7 Å². The molecule has 5 heteroatoms. The highest BCUT2D eigenvalue weighted by Crippen LogP contribution is 2.31. The van der Waals surface area contributed by atoms with Crippen LogP contribution in [-0.2, 0) is 4.79 Å². The summed E-state index contributed by atoms with van der Waals surface area (Å²) in [4.78, 5) is 11.0. The minimum absolute atomic E-state index is 0.203. The van der Waals surface area contributed by atoms with Gasteiger partial charge < -0.3 is 10.4 Å². The van der Waals surface area contributed by atoms with Crippen LogP contribution in [0.15, 0.2) is 27.1 Å². The van der Waals surface area contributed by atoms with Crippen LogP contribution in [0.5, 0.6) is 0 Å². The van der Waals surface area contributed by atoms with Crippen LogP contribution < -0.4 is 5.32 Å². The van der Waals surface area contributed by atoms with Crippen LogP contribution in [0.2, 0.25) is 0 Å². The zero-order chi connectivity index (χ0) is 13.1. The Morgan fingerprint density at radius 2 is 2.11 bits per heavy atom. The maximum atomic E-state index is 11.0. The first kappa shape index (κ1) is 13.9. The molecular weight excluding hydrogens is 362 g/mol. The standard InChI is InChI=1S/C13H15Br2NO2/c14-9-4-5-12(11(15)7-9)16-10-3-1-2-8(6-10)13(17)18/h4-5,7-8,10,16H,1-3,6H2,(H,17,18). The Hall–Kier alpha value is -0.550. The predicted octanol–water partition coefficient (Wildman–Crippen LogP) is 4.27. The van der Waals surface area contributed by atoms with Crippen molar-refractivity contribution in [3.63, 3.8) is 0 Å². The first-order chi connectivity index (χ1) is 8.56. The molecule has 1 aliphatic rings. The highest BCUT2D eigenvalue weighted by molar-refractivity contribution is 9.11. The average Bonchev–Trinajstić information content (AvgIpc) is 2.33. The Labute approximate surface area is 123 Å². The number of carbonyl (C=O) groups is 1. The van der Waals surface area contributed by atoms with E-state index in [0.29, 0.717) is 6.42 Å². The molecule has 1 aliphatic carbocycles. The van der Waals surface area contributed by atoms with Crippen LogP contribution in [-0.4, -0.2) is 17.1 Å². The van der Waals surface area contributed by atoms with Gasteiger partial charge in [-0.15, -0.1) is 0 Å². The summed E-state index contributed by atoms with van der Waals surface area (Å²) in [7, 11) is 0. The van der Waals surface area contributed by atoms with E-state index in [0.717, 1.165) is 33.9 Å². The molecule has 98 valence electrons. The molecule has 0 aromatic heterocycles. The van der Waals surface area contributed by atoms with E-state index in [9.17, 15) is 4.79 Å². The Kier molecular flexibility index (Phi) is 4.67. The predicted molar refractivity (Wildman–Crippen MR) is 78.8 cm³/mol. The summed E-state index contributed by atoms with van der Waals surface area (Å²) >= 11 is 6.92. The molecule has 1 aromatic carbocycles. The lowest BCUT2D eigenvalue weighted by atomic mass is 9.85. The van der Waals surface area contributed by atoms with E-state index in [1.165, 1.54) is 0 Å². The SMILES string of the molecule is O=C(O)C1CCCC(Nc2ccc(Br)cc2Br)C1. The molecule has 2 N–H and O–H groups in total. The van der Waals surface area contributed by atoms with Gasteiger partial charge in [0.2, 0.25) is 0 Å². The zero-order valence-electron chi connectivity index (χ0n) is 9.83. The van der Waals surface area contributed by atoms with E-state index < -0.39 is 5.97 Å². The molecule has 0 spiro atoms. The van der Waals surface area contributed by atoms with Gasteiger partial charge in [-0.1, -0.05) is 22.4 Å². The summed E-state index contributed by atoms with van der Waals surface area (Å²) in [5, 5.41) is 12.5. The Morgan fingerprint density at radius 1 is 1.33 bits per heavy atom. The molecule has 18 heavy (non-hydrogen) atoms. The van der Waals surface area contributed by atoms with Gasteiger partial charge in [0.1, 0.15) is 0 Å². The fourth-order valence-electron chi connectivity index (χ4n) is 2.37. The van der Waals surface area contributed by atoms with Crippen molar-refractivity contribution in [2.45, 2.75) is 31.7 Å². The van der Waals surface area contributed by atoms with Crippen LogP contribution in [0.25, 0.3) is 0 Å². The lowest BCUT2D eigenvalue weighted by molar-refractivity contribution is -0.142. The number of halogens is 2. The van der Waals surface area contributed by atoms with Crippen LogP contribution in [0, 0.1) is 5.92 Å². The summed E-state index contributed by atoms with van der Waals surface area (Å²) < 4.78 is 2.02. The Morgan fingerprint density at radius 3 is 2.78 bits per heavy atom. The third kappa shape index (κ3) is 3.48. The minimum atomic E-state index is -0.670. The normalized spacial score (nSPS) is 23.7. The summed E-state index contributed by atoms with van der Waals surface area (Å²) in [6.45, 7) is 0. The van der Waals surface area contributed by atoms with Crippen molar-refractivity contribution < 1.29 is 9.90 Å². The van der Waals surface area contributed by atoms with Crippen molar-refractivity contribution in [2.75, 3.05) is 5.32 Å². The molecule has 2 unspecified atom stereocenters. The second-order valence-corrected chi connectivity index (χ2v) is 6.44. The smallest absolute Gasteiger partial charge is 0.306 e. The van der Waals surface area contributed by atoms with Crippen molar-refractivity contribution in [2.24, 2.45) is 5.92 Å². The van der Waals surface area contributed by atoms with Crippen molar-refractivity contribution in [1.29, 1.82) is 0 Å². The van der Waals surface area contributed by atoms with E-state index >= 15 is 0 Å². The van der Waals surface area contributed by atoms with E-state index in [-0.39, 0.29) is 12.0 Å². The minimum Gasteiger partial charge on any atom is -0.481 e. The monoisotopic (exact) mass is 375 g/mol. The number of aliphatic carboxylic acids is 1. The van der Waals surface area contributed by atoms with Crippen LogP contribution in [0.4, 0.5) is 5.69 Å². The number of rotatable bonds is 3. The molecule has 2 rings (SSSR count). The number of anilines is 1. The average molecular weight is 377 g/mol. The lowest BCUT2D eigenvalue weighted by Gasteiger charge is -2.28. The van der Waals surface area contributed by atoms with Gasteiger partial charge in [0.05, 0.1) is 5.92 Å². The van der Waals surface area contributed by atoms with Gasteiger partial charge in [-0.25, -0.2) is 0 Å². The van der Waals surface area contributed by atoms with Crippen molar-refractivity contribution in [3.8, 4) is 0 Å².